The number of nitrogens with one attached hydrogen (secondary N) is 1. The summed E-state index contributed by atoms with van der Waals surface area (Å²) in [5, 5.41) is 4.60. The molecule has 148 valence electrons. The molecule has 2 atom stereocenters. The van der Waals surface area contributed by atoms with Gasteiger partial charge < -0.3 is 9.74 Å². The highest BCUT2D eigenvalue weighted by molar-refractivity contribution is 5.84. The van der Waals surface area contributed by atoms with Crippen molar-refractivity contribution in [2.75, 3.05) is 42.9 Å². The number of carbonyl (C=O) groups excluding carboxylic acids is 1. The van der Waals surface area contributed by atoms with Gasteiger partial charge >= 0.3 is 6.09 Å². The topological polar surface area (TPSA) is 48.1 Å². The number of anilines is 2. The summed E-state index contributed by atoms with van der Waals surface area (Å²) in [6.07, 6.45) is 6.93. The third kappa shape index (κ3) is 4.55. The van der Waals surface area contributed by atoms with E-state index < -0.39 is 6.09 Å². The number of amides is 1. The summed E-state index contributed by atoms with van der Waals surface area (Å²) < 4.78 is 0. The fourth-order valence-electron chi connectivity index (χ4n) is 4.71. The Morgan fingerprint density at radius 3 is 2.48 bits per heavy atom. The summed E-state index contributed by atoms with van der Waals surface area (Å²) in [6, 6.07) is 9.56. The summed E-state index contributed by atoms with van der Waals surface area (Å²) in [5.74, 6) is 0. The zero-order valence-electron chi connectivity index (χ0n) is 16.4. The number of rotatable bonds is 4. The zero-order chi connectivity index (χ0) is 18.6. The number of benzene rings is 1. The molecule has 3 saturated heterocycles. The second-order valence-electron chi connectivity index (χ2n) is 8.16. The molecule has 6 nitrogen and oxygen atoms in total. The van der Waals surface area contributed by atoms with Gasteiger partial charge in [-0.3, -0.25) is 10.2 Å². The predicted octanol–water partition coefficient (Wildman–Crippen LogP) is 3.70. The fourth-order valence-corrected chi connectivity index (χ4v) is 4.71. The van der Waals surface area contributed by atoms with Crippen LogP contribution in [-0.2, 0) is 4.84 Å². The molecule has 1 N–H and O–H groups in total. The van der Waals surface area contributed by atoms with Crippen LogP contribution in [0.1, 0.15) is 45.4 Å². The van der Waals surface area contributed by atoms with Crippen LogP contribution in [0.3, 0.4) is 0 Å². The van der Waals surface area contributed by atoms with Gasteiger partial charge in [0.15, 0.2) is 0 Å². The average Bonchev–Trinajstić information content (AvgIpc) is 3.32. The van der Waals surface area contributed by atoms with Crippen LogP contribution in [0.4, 0.5) is 16.2 Å². The first-order valence-electron chi connectivity index (χ1n) is 10.5. The Bertz CT molecular complexity index is 630. The van der Waals surface area contributed by atoms with Gasteiger partial charge in [-0.05, 0) is 69.8 Å². The van der Waals surface area contributed by atoms with Gasteiger partial charge in [-0.2, -0.15) is 0 Å². The zero-order valence-corrected chi connectivity index (χ0v) is 16.4. The van der Waals surface area contributed by atoms with E-state index in [0.29, 0.717) is 6.04 Å². The Kier molecular flexibility index (Phi) is 5.83. The third-order valence-electron chi connectivity index (χ3n) is 6.24. The molecular formula is C21H32N4O2. The van der Waals surface area contributed by atoms with Crippen molar-refractivity contribution in [1.82, 2.24) is 9.96 Å². The van der Waals surface area contributed by atoms with Gasteiger partial charge in [-0.25, -0.2) is 4.79 Å². The number of nitrogens with zero attached hydrogens (tertiary/aromatic N) is 3. The fraction of sp³-hybridized carbons (Fsp3) is 0.667. The van der Waals surface area contributed by atoms with Gasteiger partial charge in [0.2, 0.25) is 0 Å². The standard InChI is InChI=1S/C21H32N4O2/c1-17-6-5-14-25(17)20-11-15-23(16-20)19-9-7-18(8-10-19)22-21(26)27-24-12-3-2-4-13-24/h7-10,17,20H,2-6,11-16H2,1H3,(H,22,26). The van der Waals surface area contributed by atoms with Gasteiger partial charge in [-0.1, -0.05) is 6.42 Å². The first-order chi connectivity index (χ1) is 13.2. The maximum atomic E-state index is 12.1. The van der Waals surface area contributed by atoms with Gasteiger partial charge in [0.1, 0.15) is 0 Å². The molecule has 0 aromatic heterocycles. The van der Waals surface area contributed by atoms with Crippen molar-refractivity contribution < 1.29 is 9.63 Å². The van der Waals surface area contributed by atoms with Crippen LogP contribution in [0.2, 0.25) is 0 Å². The molecule has 3 aliphatic rings. The smallest absolute Gasteiger partial charge is 0.370 e. The number of hydroxylamine groups is 2. The van der Waals surface area contributed by atoms with Crippen LogP contribution in [0, 0.1) is 0 Å². The number of hydrogen-bond donors (Lipinski definition) is 1. The van der Waals surface area contributed by atoms with Crippen LogP contribution in [0.25, 0.3) is 0 Å². The molecule has 0 bridgehead atoms. The molecule has 3 fully saturated rings. The molecule has 3 aliphatic heterocycles. The van der Waals surface area contributed by atoms with Gasteiger partial charge in [0.05, 0.1) is 0 Å². The molecule has 2 unspecified atom stereocenters. The second-order valence-corrected chi connectivity index (χ2v) is 8.16. The third-order valence-corrected chi connectivity index (χ3v) is 6.24. The molecule has 0 radical (unpaired) electrons. The Morgan fingerprint density at radius 1 is 1.00 bits per heavy atom. The molecule has 0 aliphatic carbocycles. The number of hydrogen-bond acceptors (Lipinski definition) is 5. The minimum Gasteiger partial charge on any atom is -0.370 e. The minimum atomic E-state index is -0.395. The first-order valence-corrected chi connectivity index (χ1v) is 10.5. The van der Waals surface area contributed by atoms with Crippen LogP contribution >= 0.6 is 0 Å². The van der Waals surface area contributed by atoms with E-state index in [2.05, 4.69) is 34.2 Å². The van der Waals surface area contributed by atoms with Crippen LogP contribution < -0.4 is 10.2 Å². The lowest BCUT2D eigenvalue weighted by atomic mass is 10.2. The van der Waals surface area contributed by atoms with E-state index in [1.807, 2.05) is 12.1 Å². The van der Waals surface area contributed by atoms with Crippen molar-refractivity contribution in [2.24, 2.45) is 0 Å². The van der Waals surface area contributed by atoms with Crippen molar-refractivity contribution in [3.63, 3.8) is 0 Å². The maximum Gasteiger partial charge on any atom is 0.430 e. The lowest BCUT2D eigenvalue weighted by Gasteiger charge is -2.28. The number of piperidine rings is 1. The molecule has 1 aromatic carbocycles. The highest BCUT2D eigenvalue weighted by Gasteiger charge is 2.32. The molecule has 1 amide bonds. The predicted molar refractivity (Wildman–Crippen MR) is 108 cm³/mol. The quantitative estimate of drug-likeness (QED) is 0.873. The normalized spacial score (nSPS) is 27.1. The molecule has 4 rings (SSSR count). The molecule has 3 heterocycles. The van der Waals surface area contributed by atoms with E-state index in [4.69, 9.17) is 4.84 Å². The van der Waals surface area contributed by atoms with Gasteiger partial charge in [-0.15, -0.1) is 5.06 Å². The van der Waals surface area contributed by atoms with Crippen molar-refractivity contribution >= 4 is 17.5 Å². The number of carbonyl (C=O) groups is 1. The summed E-state index contributed by atoms with van der Waals surface area (Å²) in [5.41, 5.74) is 2.02. The molecular weight excluding hydrogens is 340 g/mol. The SMILES string of the molecule is CC1CCCN1C1CCN(c2ccc(NC(=O)ON3CCCCC3)cc2)C1. The maximum absolute atomic E-state index is 12.1. The Labute approximate surface area is 162 Å². The largest absolute Gasteiger partial charge is 0.430 e. The van der Waals surface area contributed by atoms with Crippen molar-refractivity contribution in [3.8, 4) is 0 Å². The van der Waals surface area contributed by atoms with Gasteiger partial charge in [0, 0.05) is 49.6 Å². The minimum absolute atomic E-state index is 0.395. The molecule has 6 heteroatoms. The van der Waals surface area contributed by atoms with E-state index in [1.54, 1.807) is 5.06 Å². The van der Waals surface area contributed by atoms with E-state index >= 15 is 0 Å². The van der Waals surface area contributed by atoms with E-state index in [1.165, 1.54) is 37.9 Å². The summed E-state index contributed by atoms with van der Waals surface area (Å²) in [6.45, 7) is 7.49. The van der Waals surface area contributed by atoms with Crippen molar-refractivity contribution in [1.29, 1.82) is 0 Å². The highest BCUT2D eigenvalue weighted by atomic mass is 16.7. The first kappa shape index (κ1) is 18.6. The summed E-state index contributed by atoms with van der Waals surface area (Å²) in [4.78, 5) is 22.6. The van der Waals surface area contributed by atoms with Gasteiger partial charge in [0.25, 0.3) is 0 Å². The molecule has 1 aromatic rings. The van der Waals surface area contributed by atoms with Crippen LogP contribution in [-0.4, -0.2) is 60.9 Å². The van der Waals surface area contributed by atoms with Crippen molar-refractivity contribution in [3.05, 3.63) is 24.3 Å². The van der Waals surface area contributed by atoms with Crippen molar-refractivity contribution in [2.45, 2.75) is 57.5 Å². The summed E-state index contributed by atoms with van der Waals surface area (Å²) >= 11 is 0. The van der Waals surface area contributed by atoms with E-state index in [9.17, 15) is 4.79 Å². The van der Waals surface area contributed by atoms with E-state index in [0.717, 1.165) is 50.7 Å². The Morgan fingerprint density at radius 2 is 1.78 bits per heavy atom. The average molecular weight is 373 g/mol. The van der Waals surface area contributed by atoms with Crippen LogP contribution in [0.15, 0.2) is 24.3 Å². The van der Waals surface area contributed by atoms with E-state index in [-0.39, 0.29) is 0 Å². The lowest BCUT2D eigenvalue weighted by Crippen LogP contribution is -2.39. The monoisotopic (exact) mass is 372 g/mol. The highest BCUT2D eigenvalue weighted by Crippen LogP contribution is 2.28. The second kappa shape index (κ2) is 8.48. The Hall–Kier alpha value is -1.79. The summed E-state index contributed by atoms with van der Waals surface area (Å²) in [7, 11) is 0. The number of likely N-dealkylation sites (tertiary alicyclic amines) is 1. The lowest BCUT2D eigenvalue weighted by molar-refractivity contribution is -0.105. The molecule has 0 saturated carbocycles. The Balaban J connectivity index is 1.28. The van der Waals surface area contributed by atoms with Crippen LogP contribution in [0.5, 0.6) is 0 Å². The molecule has 0 spiro atoms. The molecule has 27 heavy (non-hydrogen) atoms.